The number of rotatable bonds is 11. The largest absolute Gasteiger partial charge is 0.497 e. The quantitative estimate of drug-likeness (QED) is 0.454. The van der Waals surface area contributed by atoms with Crippen molar-refractivity contribution < 1.29 is 24.2 Å². The maximum Gasteiger partial charge on any atom is 0.333 e. The number of methoxy groups -OCH3 is 1. The Kier molecular flexibility index (Phi) is 9.09. The first-order chi connectivity index (χ1) is 14.4. The van der Waals surface area contributed by atoms with Crippen molar-refractivity contribution in [3.8, 4) is 5.75 Å². The van der Waals surface area contributed by atoms with Crippen LogP contribution in [0.5, 0.6) is 5.75 Å². The van der Waals surface area contributed by atoms with Crippen LogP contribution in [0, 0.1) is 0 Å². The van der Waals surface area contributed by atoms with Gasteiger partial charge in [0.15, 0.2) is 0 Å². The first-order valence-corrected chi connectivity index (χ1v) is 9.93. The van der Waals surface area contributed by atoms with Crippen molar-refractivity contribution in [1.82, 2.24) is 4.90 Å². The number of amides is 1. The number of ether oxygens (including phenoxy) is 2. The highest BCUT2D eigenvalue weighted by molar-refractivity contribution is 5.90. The number of carbonyl (C=O) groups excluding carboxylic acids is 2. The fourth-order valence-electron chi connectivity index (χ4n) is 2.98. The van der Waals surface area contributed by atoms with Gasteiger partial charge in [-0.15, -0.1) is 0 Å². The molecule has 1 N–H and O–H groups in total. The second-order valence-electron chi connectivity index (χ2n) is 6.89. The lowest BCUT2D eigenvalue weighted by atomic mass is 10.1. The summed E-state index contributed by atoms with van der Waals surface area (Å²) in [5.74, 6) is -0.325. The average molecular weight is 411 g/mol. The Hall–Kier alpha value is -3.12. The molecule has 0 unspecified atom stereocenters. The maximum absolute atomic E-state index is 13.0. The Bertz CT molecular complexity index is 832. The van der Waals surface area contributed by atoms with E-state index in [-0.39, 0.29) is 18.6 Å². The second-order valence-corrected chi connectivity index (χ2v) is 6.89. The Balaban J connectivity index is 2.10. The Morgan fingerprint density at radius 1 is 1.07 bits per heavy atom. The molecule has 0 aromatic heterocycles. The molecule has 0 saturated heterocycles. The number of esters is 1. The highest BCUT2D eigenvalue weighted by atomic mass is 16.5. The zero-order valence-electron chi connectivity index (χ0n) is 17.5. The molecule has 2 aromatic carbocycles. The minimum absolute atomic E-state index is 0.0742. The van der Waals surface area contributed by atoms with Gasteiger partial charge >= 0.3 is 5.97 Å². The molecule has 0 aliphatic carbocycles. The van der Waals surface area contributed by atoms with E-state index in [0.29, 0.717) is 19.5 Å². The molecule has 0 aliphatic rings. The van der Waals surface area contributed by atoms with Gasteiger partial charge in [-0.3, -0.25) is 4.79 Å². The van der Waals surface area contributed by atoms with Gasteiger partial charge in [-0.2, -0.15) is 0 Å². The predicted octanol–water partition coefficient (Wildman–Crippen LogP) is 3.14. The topological polar surface area (TPSA) is 76.1 Å². The molecule has 6 heteroatoms. The number of aliphatic hydroxyl groups is 1. The number of hydrogen-bond donors (Lipinski definition) is 1. The first-order valence-electron chi connectivity index (χ1n) is 9.93. The summed E-state index contributed by atoms with van der Waals surface area (Å²) < 4.78 is 10.1. The van der Waals surface area contributed by atoms with Gasteiger partial charge < -0.3 is 19.5 Å². The molecule has 1 amide bonds. The van der Waals surface area contributed by atoms with Crippen molar-refractivity contribution in [3.63, 3.8) is 0 Å². The highest BCUT2D eigenvalue weighted by Gasteiger charge is 2.25. The van der Waals surface area contributed by atoms with Gasteiger partial charge in [0.25, 0.3) is 5.91 Å². The molecular weight excluding hydrogens is 382 g/mol. The van der Waals surface area contributed by atoms with Crippen molar-refractivity contribution >= 4 is 11.9 Å². The van der Waals surface area contributed by atoms with E-state index in [1.54, 1.807) is 18.9 Å². The Labute approximate surface area is 177 Å². The van der Waals surface area contributed by atoms with E-state index in [1.165, 1.54) is 0 Å². The van der Waals surface area contributed by atoms with Crippen molar-refractivity contribution in [2.24, 2.45) is 0 Å². The number of nitrogens with zero attached hydrogens (tertiary/aromatic N) is 1. The van der Waals surface area contributed by atoms with Crippen LogP contribution in [-0.2, 0) is 27.3 Å². The van der Waals surface area contributed by atoms with Gasteiger partial charge in [-0.1, -0.05) is 49.0 Å². The number of aliphatic hydroxyl groups excluding tert-OH is 1. The normalized spacial score (nSPS) is 11.4. The lowest BCUT2D eigenvalue weighted by Gasteiger charge is -2.26. The standard InChI is InChI=1S/C24H29NO5/c1-4-30-24(28)18(2)16-22(26)23(27)25(15-14-19-8-6-5-7-9-19)17-20-10-12-21(29-3)13-11-20/h5-13,22,26H,2,4,14-17H2,1,3H3/t22-/m1/s1. The summed E-state index contributed by atoms with van der Waals surface area (Å²) in [5.41, 5.74) is 2.08. The van der Waals surface area contributed by atoms with Crippen LogP contribution in [0.15, 0.2) is 66.7 Å². The predicted molar refractivity (Wildman–Crippen MR) is 115 cm³/mol. The summed E-state index contributed by atoms with van der Waals surface area (Å²) in [4.78, 5) is 26.3. The van der Waals surface area contributed by atoms with Crippen LogP contribution in [0.2, 0.25) is 0 Å². The van der Waals surface area contributed by atoms with Crippen LogP contribution in [0.3, 0.4) is 0 Å². The number of benzene rings is 2. The molecule has 0 fully saturated rings. The van der Waals surface area contributed by atoms with Crippen LogP contribution in [0.25, 0.3) is 0 Å². The van der Waals surface area contributed by atoms with E-state index < -0.39 is 18.0 Å². The number of carbonyl (C=O) groups is 2. The summed E-state index contributed by atoms with van der Waals surface area (Å²) in [6.07, 6.45) is -0.882. The van der Waals surface area contributed by atoms with Crippen molar-refractivity contribution in [3.05, 3.63) is 77.9 Å². The third kappa shape index (κ3) is 7.04. The smallest absolute Gasteiger partial charge is 0.333 e. The molecule has 0 bridgehead atoms. The van der Waals surface area contributed by atoms with Gasteiger partial charge in [-0.25, -0.2) is 4.79 Å². The Morgan fingerprint density at radius 3 is 2.33 bits per heavy atom. The Morgan fingerprint density at radius 2 is 1.73 bits per heavy atom. The molecular formula is C24H29NO5. The van der Waals surface area contributed by atoms with Gasteiger partial charge in [-0.05, 0) is 36.6 Å². The molecule has 2 aromatic rings. The van der Waals surface area contributed by atoms with E-state index in [1.807, 2.05) is 54.6 Å². The van der Waals surface area contributed by atoms with E-state index >= 15 is 0 Å². The lowest BCUT2D eigenvalue weighted by molar-refractivity contribution is -0.142. The molecule has 2 rings (SSSR count). The SMILES string of the molecule is C=C(C[C@@H](O)C(=O)N(CCc1ccccc1)Cc1ccc(OC)cc1)C(=O)OCC. The molecule has 160 valence electrons. The molecule has 6 nitrogen and oxygen atoms in total. The molecule has 0 radical (unpaired) electrons. The summed E-state index contributed by atoms with van der Waals surface area (Å²) in [5, 5.41) is 10.5. The van der Waals surface area contributed by atoms with Crippen LogP contribution in [0.4, 0.5) is 0 Å². The maximum atomic E-state index is 13.0. The van der Waals surface area contributed by atoms with Crippen LogP contribution < -0.4 is 4.74 Å². The summed E-state index contributed by atoms with van der Waals surface area (Å²) in [7, 11) is 1.59. The van der Waals surface area contributed by atoms with Gasteiger partial charge in [0.1, 0.15) is 11.9 Å². The lowest BCUT2D eigenvalue weighted by Crippen LogP contribution is -2.40. The van der Waals surface area contributed by atoms with Crippen LogP contribution >= 0.6 is 0 Å². The third-order valence-electron chi connectivity index (χ3n) is 4.65. The minimum Gasteiger partial charge on any atom is -0.497 e. The van der Waals surface area contributed by atoms with E-state index in [0.717, 1.165) is 16.9 Å². The highest BCUT2D eigenvalue weighted by Crippen LogP contribution is 2.16. The fraction of sp³-hybridized carbons (Fsp3) is 0.333. The summed E-state index contributed by atoms with van der Waals surface area (Å²) in [6, 6.07) is 17.2. The minimum atomic E-state index is -1.36. The van der Waals surface area contributed by atoms with Gasteiger partial charge in [0, 0.05) is 25.1 Å². The van der Waals surface area contributed by atoms with Gasteiger partial charge in [0.05, 0.1) is 13.7 Å². The monoisotopic (exact) mass is 411 g/mol. The van der Waals surface area contributed by atoms with Crippen molar-refractivity contribution in [2.45, 2.75) is 32.4 Å². The molecule has 1 atom stereocenters. The molecule has 30 heavy (non-hydrogen) atoms. The van der Waals surface area contributed by atoms with Crippen LogP contribution in [-0.4, -0.2) is 48.2 Å². The van der Waals surface area contributed by atoms with Crippen molar-refractivity contribution in [2.75, 3.05) is 20.3 Å². The summed E-state index contributed by atoms with van der Waals surface area (Å²) in [6.45, 7) is 6.29. The zero-order chi connectivity index (χ0) is 21.9. The average Bonchev–Trinajstić information content (AvgIpc) is 2.77. The van der Waals surface area contributed by atoms with E-state index in [9.17, 15) is 14.7 Å². The van der Waals surface area contributed by atoms with E-state index in [2.05, 4.69) is 6.58 Å². The molecule has 0 aliphatic heterocycles. The molecule has 0 saturated carbocycles. The summed E-state index contributed by atoms with van der Waals surface area (Å²) >= 11 is 0. The fourth-order valence-corrected chi connectivity index (χ4v) is 2.98. The zero-order valence-corrected chi connectivity index (χ0v) is 17.5. The van der Waals surface area contributed by atoms with Crippen LogP contribution in [0.1, 0.15) is 24.5 Å². The second kappa shape index (κ2) is 11.8. The van der Waals surface area contributed by atoms with Crippen molar-refractivity contribution in [1.29, 1.82) is 0 Å². The molecule has 0 spiro atoms. The van der Waals surface area contributed by atoms with Gasteiger partial charge in [0.2, 0.25) is 0 Å². The third-order valence-corrected chi connectivity index (χ3v) is 4.65. The first kappa shape index (κ1) is 23.2. The number of hydrogen-bond acceptors (Lipinski definition) is 5. The molecule has 0 heterocycles. The van der Waals surface area contributed by atoms with E-state index in [4.69, 9.17) is 9.47 Å².